The molecule has 1 N–H and O–H groups in total. The molecule has 4 aromatic rings. The number of hydrogen-bond donors (Lipinski definition) is 1. The van der Waals surface area contributed by atoms with Gasteiger partial charge in [0.25, 0.3) is 0 Å². The van der Waals surface area contributed by atoms with Gasteiger partial charge in [0.2, 0.25) is 0 Å². The molecule has 0 spiro atoms. The molecule has 14 heteroatoms. The molecule has 2 aliphatic heterocycles. The first-order valence-electron chi connectivity index (χ1n) is 13.3. The molecule has 2 fully saturated rings. The zero-order valence-corrected chi connectivity index (χ0v) is 23.2. The molecule has 0 bridgehead atoms. The third-order valence-corrected chi connectivity index (χ3v) is 8.82. The van der Waals surface area contributed by atoms with Crippen LogP contribution in [0.3, 0.4) is 0 Å². The minimum atomic E-state index is -4.44. The van der Waals surface area contributed by atoms with Crippen LogP contribution in [0, 0.1) is 12.8 Å². The molecule has 6 heterocycles. The Kier molecular flexibility index (Phi) is 7.40. The number of nitrogens with zero attached hydrogens (tertiary/aromatic N) is 7. The topological polar surface area (TPSA) is 96.7 Å². The molecule has 4 aromatic heterocycles. The molecular weight excluding hydrogens is 545 g/mol. The summed E-state index contributed by atoms with van der Waals surface area (Å²) in [6, 6.07) is 1.63. The number of hydrogen-bond acceptors (Lipinski definition) is 9. The highest BCUT2D eigenvalue weighted by Gasteiger charge is 2.34. The van der Waals surface area contributed by atoms with Gasteiger partial charge < -0.3 is 14.4 Å². The Balaban J connectivity index is 1.27. The third-order valence-electron chi connectivity index (χ3n) is 7.58. The number of ether oxygens (including phenoxy) is 2. The van der Waals surface area contributed by atoms with Gasteiger partial charge >= 0.3 is 6.18 Å². The molecule has 10 nitrogen and oxygen atoms in total. The Labute approximate surface area is 233 Å². The summed E-state index contributed by atoms with van der Waals surface area (Å²) in [7, 11) is 1.48. The van der Waals surface area contributed by atoms with E-state index < -0.39 is 12.6 Å². The van der Waals surface area contributed by atoms with Crippen molar-refractivity contribution in [2.75, 3.05) is 57.9 Å². The standard InChI is InChI=1S/C26H31F3N8O2S/c1-16-25(36-7-5-35(6-8-36)13-17-3-9-39-10-4-17)40-24(32-16)22-19(12-26(27,28)29)21(33-34-22)18-11-20(38-2)23-30-15-31-37(23)14-18/h11,14-15,17H,3-10,12-13H2,1-2H3,(H,33,34). The number of piperazine rings is 1. The molecule has 0 radical (unpaired) electrons. The maximum atomic E-state index is 13.8. The Hall–Kier alpha value is -3.23. The van der Waals surface area contributed by atoms with Crippen LogP contribution >= 0.6 is 11.3 Å². The van der Waals surface area contributed by atoms with Crippen LogP contribution in [0.1, 0.15) is 24.1 Å². The van der Waals surface area contributed by atoms with Gasteiger partial charge in [-0.3, -0.25) is 10.00 Å². The van der Waals surface area contributed by atoms with Gasteiger partial charge in [0.15, 0.2) is 11.4 Å². The first kappa shape index (κ1) is 27.0. The quantitative estimate of drug-likeness (QED) is 0.350. The molecule has 0 amide bonds. The fraction of sp³-hybridized carbons (Fsp3) is 0.538. The highest BCUT2D eigenvalue weighted by Crippen LogP contribution is 2.40. The van der Waals surface area contributed by atoms with Gasteiger partial charge in [0.1, 0.15) is 16.3 Å². The fourth-order valence-corrected chi connectivity index (χ4v) is 6.69. The van der Waals surface area contributed by atoms with Crippen LogP contribution in [0.2, 0.25) is 0 Å². The molecule has 40 heavy (non-hydrogen) atoms. The number of thiazole rings is 1. The van der Waals surface area contributed by atoms with Crippen LogP contribution < -0.4 is 9.64 Å². The first-order valence-corrected chi connectivity index (χ1v) is 14.2. The summed E-state index contributed by atoms with van der Waals surface area (Å²) in [4.78, 5) is 13.6. The molecule has 2 saturated heterocycles. The van der Waals surface area contributed by atoms with E-state index in [1.54, 1.807) is 12.3 Å². The van der Waals surface area contributed by atoms with Crippen LogP contribution in [-0.4, -0.2) is 93.9 Å². The molecule has 2 aliphatic rings. The maximum absolute atomic E-state index is 13.8. The number of alkyl halides is 3. The van der Waals surface area contributed by atoms with E-state index in [4.69, 9.17) is 14.5 Å². The number of nitrogens with one attached hydrogen (secondary N) is 1. The number of pyridine rings is 1. The van der Waals surface area contributed by atoms with Crippen LogP contribution in [-0.2, 0) is 11.2 Å². The third kappa shape index (κ3) is 5.52. The van der Waals surface area contributed by atoms with E-state index in [1.165, 1.54) is 29.3 Å². The molecular formula is C26H31F3N8O2S. The highest BCUT2D eigenvalue weighted by atomic mass is 32.1. The van der Waals surface area contributed by atoms with Crippen molar-refractivity contribution in [1.82, 2.24) is 34.7 Å². The lowest BCUT2D eigenvalue weighted by Crippen LogP contribution is -2.48. The largest absolute Gasteiger partial charge is 0.493 e. The predicted octanol–water partition coefficient (Wildman–Crippen LogP) is 4.21. The van der Waals surface area contributed by atoms with Crippen molar-refractivity contribution >= 4 is 22.0 Å². The van der Waals surface area contributed by atoms with Crippen molar-refractivity contribution < 1.29 is 22.6 Å². The lowest BCUT2D eigenvalue weighted by Gasteiger charge is -2.37. The number of H-pyrrole nitrogens is 1. The van der Waals surface area contributed by atoms with Gasteiger partial charge in [-0.2, -0.15) is 23.4 Å². The number of rotatable bonds is 7. The highest BCUT2D eigenvalue weighted by molar-refractivity contribution is 7.19. The van der Waals surface area contributed by atoms with E-state index in [0.29, 0.717) is 27.9 Å². The van der Waals surface area contributed by atoms with Crippen molar-refractivity contribution in [3.63, 3.8) is 0 Å². The van der Waals surface area contributed by atoms with Crippen LogP contribution in [0.15, 0.2) is 18.6 Å². The van der Waals surface area contributed by atoms with Gasteiger partial charge in [0, 0.05) is 63.3 Å². The molecule has 0 aromatic carbocycles. The second-order valence-electron chi connectivity index (χ2n) is 10.3. The number of methoxy groups -OCH3 is 1. The molecule has 6 rings (SSSR count). The summed E-state index contributed by atoms with van der Waals surface area (Å²) in [6.45, 7) is 8.30. The average molecular weight is 577 g/mol. The second kappa shape index (κ2) is 11.0. The van der Waals surface area contributed by atoms with Crippen molar-refractivity contribution in [3.8, 4) is 27.7 Å². The van der Waals surface area contributed by atoms with E-state index in [2.05, 4.69) is 30.1 Å². The van der Waals surface area contributed by atoms with Crippen molar-refractivity contribution in [2.24, 2.45) is 5.92 Å². The summed E-state index contributed by atoms with van der Waals surface area (Å²) in [5, 5.41) is 12.8. The van der Waals surface area contributed by atoms with E-state index in [9.17, 15) is 13.2 Å². The molecule has 0 aliphatic carbocycles. The van der Waals surface area contributed by atoms with E-state index in [0.717, 1.165) is 69.5 Å². The van der Waals surface area contributed by atoms with Gasteiger partial charge in [-0.25, -0.2) is 14.5 Å². The molecule has 0 atom stereocenters. The van der Waals surface area contributed by atoms with E-state index in [1.807, 2.05) is 6.92 Å². The Bertz CT molecular complexity index is 1470. The summed E-state index contributed by atoms with van der Waals surface area (Å²) >= 11 is 1.41. The van der Waals surface area contributed by atoms with Gasteiger partial charge in [-0.15, -0.1) is 0 Å². The Morgan fingerprint density at radius 2 is 1.95 bits per heavy atom. The van der Waals surface area contributed by atoms with Crippen molar-refractivity contribution in [2.45, 2.75) is 32.4 Å². The summed E-state index contributed by atoms with van der Waals surface area (Å²) in [5.74, 6) is 1.07. The van der Waals surface area contributed by atoms with Crippen molar-refractivity contribution in [1.29, 1.82) is 0 Å². The molecule has 214 valence electrons. The predicted molar refractivity (Wildman–Crippen MR) is 145 cm³/mol. The van der Waals surface area contributed by atoms with E-state index in [-0.39, 0.29) is 17.0 Å². The monoisotopic (exact) mass is 576 g/mol. The summed E-state index contributed by atoms with van der Waals surface area (Å²) in [5.41, 5.74) is 2.20. The second-order valence-corrected chi connectivity index (χ2v) is 11.3. The summed E-state index contributed by atoms with van der Waals surface area (Å²) < 4.78 is 53.8. The van der Waals surface area contributed by atoms with Crippen LogP contribution in [0.4, 0.5) is 18.2 Å². The van der Waals surface area contributed by atoms with Crippen LogP contribution in [0.25, 0.3) is 27.6 Å². The Morgan fingerprint density at radius 1 is 1.18 bits per heavy atom. The van der Waals surface area contributed by atoms with Crippen molar-refractivity contribution in [3.05, 3.63) is 29.8 Å². The maximum Gasteiger partial charge on any atom is 0.393 e. The number of fused-ring (bicyclic) bond motifs is 1. The number of halogens is 3. The summed E-state index contributed by atoms with van der Waals surface area (Å²) in [6.07, 6.45) is -0.399. The normalized spacial score (nSPS) is 17.7. The zero-order valence-electron chi connectivity index (χ0n) is 22.4. The fourth-order valence-electron chi connectivity index (χ4n) is 5.55. The van der Waals surface area contributed by atoms with Crippen LogP contribution in [0.5, 0.6) is 5.75 Å². The SMILES string of the molecule is COc1cc(-c2n[nH]c(-c3nc(C)c(N4CCN(CC5CCOCC5)CC4)s3)c2CC(F)(F)F)cn2ncnc12. The zero-order chi connectivity index (χ0) is 27.9. The lowest BCUT2D eigenvalue weighted by atomic mass is 9.99. The first-order chi connectivity index (χ1) is 19.3. The molecule has 0 saturated carbocycles. The lowest BCUT2D eigenvalue weighted by molar-refractivity contribution is -0.127. The average Bonchev–Trinajstić information content (AvgIpc) is 3.67. The van der Waals surface area contributed by atoms with Gasteiger partial charge in [0.05, 0.1) is 30.6 Å². The number of aromatic nitrogens is 6. The Morgan fingerprint density at radius 3 is 2.67 bits per heavy atom. The number of aromatic amines is 1. The number of aryl methyl sites for hydroxylation is 1. The molecule has 0 unspecified atom stereocenters. The smallest absolute Gasteiger partial charge is 0.393 e. The van der Waals surface area contributed by atoms with Gasteiger partial charge in [-0.05, 0) is 31.7 Å². The van der Waals surface area contributed by atoms with E-state index >= 15 is 0 Å². The minimum absolute atomic E-state index is 0.0376. The minimum Gasteiger partial charge on any atom is -0.493 e. The number of anilines is 1. The van der Waals surface area contributed by atoms with Gasteiger partial charge in [-0.1, -0.05) is 11.3 Å².